The predicted molar refractivity (Wildman–Crippen MR) is 139 cm³/mol. The maximum Gasteiger partial charge on any atom is 0.244 e. The van der Waals surface area contributed by atoms with Crippen LogP contribution >= 0.6 is 31.9 Å². The highest BCUT2D eigenvalue weighted by Crippen LogP contribution is 2.16. The maximum atomic E-state index is 6.48. The first-order valence-electron chi connectivity index (χ1n) is 9.83. The molecule has 0 unspecified atom stereocenters. The van der Waals surface area contributed by atoms with Crippen molar-refractivity contribution >= 4 is 89.4 Å². The van der Waals surface area contributed by atoms with Gasteiger partial charge in [-0.1, -0.05) is 114 Å². The van der Waals surface area contributed by atoms with E-state index in [1.54, 1.807) is 0 Å². The minimum Gasteiger partial charge on any atom is -0.399 e. The van der Waals surface area contributed by atoms with E-state index < -0.39 is 0 Å². The molecule has 0 aliphatic carbocycles. The number of nitrogens with two attached hydrogens (primary N) is 2. The molecule has 0 atom stereocenters. The highest BCUT2D eigenvalue weighted by Gasteiger charge is 2.41. The Balaban J connectivity index is 1.90. The van der Waals surface area contributed by atoms with Gasteiger partial charge in [0, 0.05) is 20.3 Å². The number of halogens is 2. The fraction of sp³-hybridized carbons (Fsp3) is 0. The van der Waals surface area contributed by atoms with E-state index >= 15 is 0 Å². The summed E-state index contributed by atoms with van der Waals surface area (Å²) < 4.78 is 2.16. The van der Waals surface area contributed by atoms with Crippen molar-refractivity contribution in [1.82, 2.24) is 0 Å². The molecule has 144 valence electrons. The van der Waals surface area contributed by atoms with Crippen LogP contribution in [0.2, 0.25) is 0 Å². The number of hydrogen-bond acceptors (Lipinski definition) is 2. The van der Waals surface area contributed by atoms with Crippen molar-refractivity contribution in [2.75, 3.05) is 11.5 Å². The van der Waals surface area contributed by atoms with Gasteiger partial charge in [0.2, 0.25) is 13.4 Å². The van der Waals surface area contributed by atoms with E-state index in [0.717, 1.165) is 31.2 Å². The Morgan fingerprint density at radius 3 is 1.23 bits per heavy atom. The molecule has 0 fully saturated rings. The minimum atomic E-state index is 0.0328. The molecule has 0 radical (unpaired) electrons. The molecule has 5 rings (SSSR count). The van der Waals surface area contributed by atoms with E-state index in [0.29, 0.717) is 0 Å². The molecule has 1 heterocycles. The lowest BCUT2D eigenvalue weighted by Gasteiger charge is -2.34. The third-order valence-electron chi connectivity index (χ3n) is 5.99. The zero-order chi connectivity index (χ0) is 20.8. The summed E-state index contributed by atoms with van der Waals surface area (Å²) in [5.41, 5.74) is 21.8. The number of rotatable bonds is 2. The normalized spacial score (nSPS) is 12.5. The van der Waals surface area contributed by atoms with Gasteiger partial charge in [0.1, 0.15) is 0 Å². The number of benzene rings is 4. The molecule has 0 saturated heterocycles. The SMILES string of the molecule is Nc1ccccc1B1c2cccc(Br)c2B(c2ccccc2N)c2cccc(Br)c21. The van der Waals surface area contributed by atoms with Crippen LogP contribution in [0.1, 0.15) is 0 Å². The molecule has 0 aromatic heterocycles. The van der Waals surface area contributed by atoms with Crippen LogP contribution in [0.4, 0.5) is 11.4 Å². The molecule has 4 N–H and O–H groups in total. The van der Waals surface area contributed by atoms with Crippen LogP contribution in [0.3, 0.4) is 0 Å². The molecule has 1 aliphatic rings. The molecule has 0 spiro atoms. The lowest BCUT2D eigenvalue weighted by atomic mass is 9.21. The van der Waals surface area contributed by atoms with Crippen LogP contribution in [-0.4, -0.2) is 13.4 Å². The average molecular weight is 516 g/mol. The monoisotopic (exact) mass is 514 g/mol. The smallest absolute Gasteiger partial charge is 0.244 e. The fourth-order valence-electron chi connectivity index (χ4n) is 4.72. The molecule has 30 heavy (non-hydrogen) atoms. The van der Waals surface area contributed by atoms with Crippen molar-refractivity contribution < 1.29 is 0 Å². The predicted octanol–water partition coefficient (Wildman–Crippen LogP) is 1.72. The van der Waals surface area contributed by atoms with Crippen molar-refractivity contribution in [3.05, 3.63) is 93.9 Å². The zero-order valence-electron chi connectivity index (χ0n) is 16.1. The highest BCUT2D eigenvalue weighted by molar-refractivity contribution is 9.11. The molecule has 0 saturated carbocycles. The van der Waals surface area contributed by atoms with E-state index in [2.05, 4.69) is 92.5 Å². The zero-order valence-corrected chi connectivity index (χ0v) is 19.3. The van der Waals surface area contributed by atoms with Gasteiger partial charge >= 0.3 is 0 Å². The van der Waals surface area contributed by atoms with Gasteiger partial charge in [-0.25, -0.2) is 0 Å². The van der Waals surface area contributed by atoms with E-state index in [9.17, 15) is 0 Å². The van der Waals surface area contributed by atoms with Gasteiger partial charge in [-0.15, -0.1) is 0 Å². The second kappa shape index (κ2) is 7.68. The molecule has 4 aromatic carbocycles. The summed E-state index contributed by atoms with van der Waals surface area (Å²) in [4.78, 5) is 0. The van der Waals surface area contributed by atoms with Crippen molar-refractivity contribution in [3.8, 4) is 0 Å². The van der Waals surface area contributed by atoms with Crippen LogP contribution < -0.4 is 44.2 Å². The third kappa shape index (κ3) is 3.01. The number of fused-ring (bicyclic) bond motifs is 2. The lowest BCUT2D eigenvalue weighted by molar-refractivity contribution is 1.66. The lowest BCUT2D eigenvalue weighted by Crippen LogP contribution is -2.75. The summed E-state index contributed by atoms with van der Waals surface area (Å²) in [6, 6.07) is 29.1. The van der Waals surface area contributed by atoms with Gasteiger partial charge in [0.15, 0.2) is 0 Å². The molecule has 4 aromatic rings. The van der Waals surface area contributed by atoms with Gasteiger partial charge in [-0.3, -0.25) is 0 Å². The summed E-state index contributed by atoms with van der Waals surface area (Å²) in [5.74, 6) is 0. The largest absolute Gasteiger partial charge is 0.399 e. The molecule has 0 amide bonds. The maximum absolute atomic E-state index is 6.48. The summed E-state index contributed by atoms with van der Waals surface area (Å²) in [5, 5.41) is 0. The van der Waals surface area contributed by atoms with Gasteiger partial charge in [-0.05, 0) is 35.2 Å². The van der Waals surface area contributed by atoms with E-state index in [-0.39, 0.29) is 13.4 Å². The molecule has 2 nitrogen and oxygen atoms in total. The number of nitrogen functional groups attached to an aromatic ring is 2. The van der Waals surface area contributed by atoms with Crippen LogP contribution in [0.25, 0.3) is 0 Å². The van der Waals surface area contributed by atoms with Gasteiger partial charge < -0.3 is 11.5 Å². The Kier molecular flexibility index (Phi) is 5.00. The quantitative estimate of drug-likeness (QED) is 0.278. The first-order chi connectivity index (χ1) is 14.6. The molecular formula is C24H18B2Br2N2. The van der Waals surface area contributed by atoms with Crippen molar-refractivity contribution in [2.45, 2.75) is 0 Å². The van der Waals surface area contributed by atoms with Crippen LogP contribution in [0.15, 0.2) is 93.9 Å². The van der Waals surface area contributed by atoms with E-state index in [1.165, 1.54) is 21.9 Å². The Morgan fingerprint density at radius 1 is 0.467 bits per heavy atom. The molecule has 6 heteroatoms. The molecular weight excluding hydrogens is 498 g/mol. The van der Waals surface area contributed by atoms with E-state index in [1.807, 2.05) is 24.3 Å². The summed E-state index contributed by atoms with van der Waals surface area (Å²) in [6.45, 7) is 0.0657. The first kappa shape index (κ1) is 19.5. The fourth-order valence-corrected chi connectivity index (χ4v) is 5.95. The molecule has 1 aliphatic heterocycles. The summed E-state index contributed by atoms with van der Waals surface area (Å²) >= 11 is 7.70. The second-order valence-corrected chi connectivity index (χ2v) is 9.32. The van der Waals surface area contributed by atoms with Crippen LogP contribution in [-0.2, 0) is 0 Å². The Hall–Kier alpha value is -2.43. The Bertz CT molecular complexity index is 1180. The Morgan fingerprint density at radius 2 is 0.833 bits per heavy atom. The minimum absolute atomic E-state index is 0.0328. The number of para-hydroxylation sites is 2. The van der Waals surface area contributed by atoms with Crippen molar-refractivity contribution in [2.24, 2.45) is 0 Å². The number of hydrogen-bond donors (Lipinski definition) is 2. The standard InChI is InChI=1S/C24H18B2Br2N2/c27-19-11-6-10-18-23(19)25(15-7-1-3-13-21(15)29)17-9-5-12-20(28)24(17)26(18)16-8-2-4-14-22(16)30/h1-14H,29-30H2. The second-order valence-electron chi connectivity index (χ2n) is 7.61. The van der Waals surface area contributed by atoms with E-state index in [4.69, 9.17) is 11.5 Å². The van der Waals surface area contributed by atoms with Crippen molar-refractivity contribution in [3.63, 3.8) is 0 Å². The van der Waals surface area contributed by atoms with Crippen LogP contribution in [0, 0.1) is 0 Å². The van der Waals surface area contributed by atoms with Crippen LogP contribution in [0.5, 0.6) is 0 Å². The Labute approximate surface area is 194 Å². The van der Waals surface area contributed by atoms with Gasteiger partial charge in [0.05, 0.1) is 0 Å². The average Bonchev–Trinajstić information content (AvgIpc) is 2.74. The highest BCUT2D eigenvalue weighted by atomic mass is 79.9. The van der Waals surface area contributed by atoms with Gasteiger partial charge in [0.25, 0.3) is 0 Å². The van der Waals surface area contributed by atoms with Crippen molar-refractivity contribution in [1.29, 1.82) is 0 Å². The molecule has 0 bridgehead atoms. The summed E-state index contributed by atoms with van der Waals surface area (Å²) in [6.07, 6.45) is 0. The summed E-state index contributed by atoms with van der Waals surface area (Å²) in [7, 11) is 0. The first-order valence-corrected chi connectivity index (χ1v) is 11.4. The number of anilines is 2. The van der Waals surface area contributed by atoms with Gasteiger partial charge in [-0.2, -0.15) is 0 Å². The topological polar surface area (TPSA) is 52.0 Å². The third-order valence-corrected chi connectivity index (χ3v) is 7.37.